The van der Waals surface area contributed by atoms with Gasteiger partial charge in [0.25, 0.3) is 0 Å². The number of hydrogen-bond donors (Lipinski definition) is 1. The number of benzene rings is 2. The Hall–Kier alpha value is -3.52. The number of carbonyl (C=O) groups excluding carboxylic acids is 1. The van der Waals surface area contributed by atoms with Crippen molar-refractivity contribution in [1.29, 1.82) is 0 Å². The van der Waals surface area contributed by atoms with Gasteiger partial charge in [0.1, 0.15) is 6.61 Å². The Kier molecular flexibility index (Phi) is 5.97. The number of aromatic carboxylic acids is 1. The summed E-state index contributed by atoms with van der Waals surface area (Å²) in [6.07, 6.45) is 8.07. The number of allylic oxidation sites excluding steroid dienone is 1. The third-order valence-corrected chi connectivity index (χ3v) is 3.35. The summed E-state index contributed by atoms with van der Waals surface area (Å²) >= 11 is 0. The molecule has 0 radical (unpaired) electrons. The molecule has 0 aliphatic rings. The van der Waals surface area contributed by atoms with Crippen LogP contribution in [0.5, 0.6) is 11.5 Å². The van der Waals surface area contributed by atoms with Gasteiger partial charge in [-0.05, 0) is 29.8 Å². The highest BCUT2D eigenvalue weighted by atomic mass is 16.5. The summed E-state index contributed by atoms with van der Waals surface area (Å²) in [6, 6.07) is 11.2. The minimum absolute atomic E-state index is 0.0371. The van der Waals surface area contributed by atoms with E-state index in [0.29, 0.717) is 17.1 Å². The lowest BCUT2D eigenvalue weighted by molar-refractivity contribution is 0.0693. The predicted molar refractivity (Wildman–Crippen MR) is 94.1 cm³/mol. The van der Waals surface area contributed by atoms with Crippen LogP contribution in [-0.4, -0.2) is 30.6 Å². The number of terminal acetylenes is 1. The molecular formula is C20H16O5. The Bertz CT molecular complexity index is 859. The van der Waals surface area contributed by atoms with Gasteiger partial charge in [0.15, 0.2) is 17.3 Å². The molecule has 126 valence electrons. The number of carbonyl (C=O) groups is 2. The van der Waals surface area contributed by atoms with E-state index >= 15 is 0 Å². The Morgan fingerprint density at radius 2 is 1.88 bits per heavy atom. The first-order chi connectivity index (χ1) is 12.1. The van der Waals surface area contributed by atoms with Crippen molar-refractivity contribution in [2.75, 3.05) is 13.7 Å². The zero-order chi connectivity index (χ0) is 18.2. The molecule has 5 heteroatoms. The zero-order valence-electron chi connectivity index (χ0n) is 13.6. The molecule has 0 fully saturated rings. The van der Waals surface area contributed by atoms with Crippen LogP contribution < -0.4 is 9.47 Å². The van der Waals surface area contributed by atoms with E-state index in [-0.39, 0.29) is 17.7 Å². The average molecular weight is 336 g/mol. The highest BCUT2D eigenvalue weighted by molar-refractivity contribution is 6.12. The summed E-state index contributed by atoms with van der Waals surface area (Å²) in [4.78, 5) is 23.5. The largest absolute Gasteiger partial charge is 0.493 e. The minimum atomic E-state index is -1.15. The third kappa shape index (κ3) is 4.49. The van der Waals surface area contributed by atoms with Crippen molar-refractivity contribution in [1.82, 2.24) is 0 Å². The first kappa shape index (κ1) is 17.8. The van der Waals surface area contributed by atoms with Crippen LogP contribution in [0.3, 0.4) is 0 Å². The molecule has 0 saturated carbocycles. The van der Waals surface area contributed by atoms with Crippen LogP contribution in [-0.2, 0) is 0 Å². The smallest absolute Gasteiger partial charge is 0.336 e. The van der Waals surface area contributed by atoms with Crippen LogP contribution in [0.1, 0.15) is 26.3 Å². The van der Waals surface area contributed by atoms with Crippen molar-refractivity contribution >= 4 is 17.8 Å². The van der Waals surface area contributed by atoms with E-state index in [1.54, 1.807) is 36.4 Å². The van der Waals surface area contributed by atoms with Crippen molar-refractivity contribution in [2.24, 2.45) is 0 Å². The molecule has 2 rings (SSSR count). The maximum atomic E-state index is 12.3. The van der Waals surface area contributed by atoms with Gasteiger partial charge in [-0.1, -0.05) is 36.3 Å². The van der Waals surface area contributed by atoms with E-state index in [9.17, 15) is 9.59 Å². The van der Waals surface area contributed by atoms with E-state index < -0.39 is 11.8 Å². The molecule has 0 unspecified atom stereocenters. The van der Waals surface area contributed by atoms with Crippen molar-refractivity contribution in [3.63, 3.8) is 0 Å². The van der Waals surface area contributed by atoms with Gasteiger partial charge in [0.05, 0.1) is 12.7 Å². The normalized spacial score (nSPS) is 10.2. The molecule has 1 N–H and O–H groups in total. The third-order valence-electron chi connectivity index (χ3n) is 3.35. The number of rotatable bonds is 7. The van der Waals surface area contributed by atoms with Crippen LogP contribution >= 0.6 is 0 Å². The molecule has 0 spiro atoms. The second-order valence-corrected chi connectivity index (χ2v) is 4.95. The first-order valence-corrected chi connectivity index (χ1v) is 7.36. The number of methoxy groups -OCH3 is 1. The van der Waals surface area contributed by atoms with Gasteiger partial charge in [-0.25, -0.2) is 4.79 Å². The Labute approximate surface area is 145 Å². The number of ketones is 1. The Morgan fingerprint density at radius 1 is 1.16 bits per heavy atom. The van der Waals surface area contributed by atoms with E-state index in [1.807, 2.05) is 0 Å². The summed E-state index contributed by atoms with van der Waals surface area (Å²) in [5.41, 5.74) is 0.780. The number of hydrogen-bond acceptors (Lipinski definition) is 4. The van der Waals surface area contributed by atoms with Gasteiger partial charge < -0.3 is 14.6 Å². The molecule has 0 aliphatic heterocycles. The van der Waals surface area contributed by atoms with Crippen LogP contribution in [0.4, 0.5) is 0 Å². The van der Waals surface area contributed by atoms with Gasteiger partial charge >= 0.3 is 5.97 Å². The molecule has 0 aliphatic carbocycles. The van der Waals surface area contributed by atoms with Crippen LogP contribution in [0.25, 0.3) is 6.08 Å². The fraction of sp³-hybridized carbons (Fsp3) is 0.100. The summed E-state index contributed by atoms with van der Waals surface area (Å²) in [6.45, 7) is 0.0917. The van der Waals surface area contributed by atoms with Crippen LogP contribution in [0, 0.1) is 12.3 Å². The molecule has 0 atom stereocenters. The molecule has 0 aromatic heterocycles. The quantitative estimate of drug-likeness (QED) is 0.477. The first-order valence-electron chi connectivity index (χ1n) is 7.36. The van der Waals surface area contributed by atoms with E-state index in [4.69, 9.17) is 21.0 Å². The fourth-order valence-corrected chi connectivity index (χ4v) is 2.18. The lowest BCUT2D eigenvalue weighted by Gasteiger charge is -2.09. The maximum Gasteiger partial charge on any atom is 0.336 e. The van der Waals surface area contributed by atoms with Gasteiger partial charge in [-0.2, -0.15) is 0 Å². The maximum absolute atomic E-state index is 12.3. The minimum Gasteiger partial charge on any atom is -0.493 e. The van der Waals surface area contributed by atoms with E-state index in [0.717, 1.165) is 0 Å². The molecule has 5 nitrogen and oxygen atoms in total. The summed E-state index contributed by atoms with van der Waals surface area (Å²) in [7, 11) is 1.51. The SMILES string of the molecule is C#CCOc1cc(/C=C/C(=O)c2ccccc2C(=O)O)ccc1OC. The summed E-state index contributed by atoms with van der Waals surface area (Å²) in [5, 5.41) is 9.15. The van der Waals surface area contributed by atoms with Gasteiger partial charge in [0.2, 0.25) is 0 Å². The van der Waals surface area contributed by atoms with Gasteiger partial charge in [0, 0.05) is 5.56 Å². The van der Waals surface area contributed by atoms with Gasteiger partial charge in [-0.3, -0.25) is 4.79 Å². The second-order valence-electron chi connectivity index (χ2n) is 4.95. The topological polar surface area (TPSA) is 72.8 Å². The Morgan fingerprint density at radius 3 is 2.52 bits per heavy atom. The molecule has 0 saturated heterocycles. The lowest BCUT2D eigenvalue weighted by Crippen LogP contribution is -2.06. The second kappa shape index (κ2) is 8.37. The molecule has 0 amide bonds. The molecule has 0 bridgehead atoms. The van der Waals surface area contributed by atoms with Crippen molar-refractivity contribution in [3.8, 4) is 23.8 Å². The molecular weight excluding hydrogens is 320 g/mol. The standard InChI is InChI=1S/C20H16O5/c1-3-12-25-19-13-14(9-11-18(19)24-2)8-10-17(21)15-6-4-5-7-16(15)20(22)23/h1,4-11,13H,12H2,2H3,(H,22,23)/b10-8+. The van der Waals surface area contributed by atoms with Crippen molar-refractivity contribution in [3.05, 3.63) is 65.2 Å². The highest BCUT2D eigenvalue weighted by Crippen LogP contribution is 2.28. The van der Waals surface area contributed by atoms with Crippen LogP contribution in [0.2, 0.25) is 0 Å². The summed E-state index contributed by atoms with van der Waals surface area (Å²) < 4.78 is 10.6. The van der Waals surface area contributed by atoms with Crippen LogP contribution in [0.15, 0.2) is 48.5 Å². The molecule has 25 heavy (non-hydrogen) atoms. The number of carboxylic acids is 1. The monoisotopic (exact) mass is 336 g/mol. The predicted octanol–water partition coefficient (Wildman–Crippen LogP) is 3.30. The van der Waals surface area contributed by atoms with Crippen molar-refractivity contribution in [2.45, 2.75) is 0 Å². The Balaban J connectivity index is 2.26. The fourth-order valence-electron chi connectivity index (χ4n) is 2.18. The van der Waals surface area contributed by atoms with Crippen molar-refractivity contribution < 1.29 is 24.2 Å². The lowest BCUT2D eigenvalue weighted by atomic mass is 10.0. The molecule has 2 aromatic rings. The van der Waals surface area contributed by atoms with E-state index in [1.165, 1.54) is 25.3 Å². The molecule has 2 aromatic carbocycles. The number of carboxylic acid groups (broad SMARTS) is 1. The number of ether oxygens (including phenoxy) is 2. The molecule has 0 heterocycles. The van der Waals surface area contributed by atoms with Gasteiger partial charge in [-0.15, -0.1) is 6.42 Å². The van der Waals surface area contributed by atoms with E-state index in [2.05, 4.69) is 5.92 Å². The average Bonchev–Trinajstić information content (AvgIpc) is 2.64. The highest BCUT2D eigenvalue weighted by Gasteiger charge is 2.13. The zero-order valence-corrected chi connectivity index (χ0v) is 13.6. The summed E-state index contributed by atoms with van der Waals surface area (Å²) in [5.74, 6) is 1.80.